The molecule has 0 unspecified atom stereocenters. The van der Waals surface area contributed by atoms with E-state index in [1.807, 2.05) is 0 Å². The average Bonchev–Trinajstić information content (AvgIpc) is 3.09. The van der Waals surface area contributed by atoms with E-state index in [4.69, 9.17) is 0 Å². The van der Waals surface area contributed by atoms with Crippen LogP contribution in [-0.2, 0) is 30.8 Å². The lowest BCUT2D eigenvalue weighted by atomic mass is 10.2. The minimum atomic E-state index is 0.0610. The van der Waals surface area contributed by atoms with E-state index in [1.54, 1.807) is 30.3 Å². The first-order valence-electron chi connectivity index (χ1n) is 6.98. The summed E-state index contributed by atoms with van der Waals surface area (Å²) < 4.78 is 2.09. The van der Waals surface area contributed by atoms with E-state index >= 15 is 0 Å². The van der Waals surface area contributed by atoms with Gasteiger partial charge < -0.3 is 9.47 Å². The number of hydrogen-bond acceptors (Lipinski definition) is 5. The molecule has 6 nitrogen and oxygen atoms in total. The molecule has 1 amide bonds. The third-order valence-electron chi connectivity index (χ3n) is 3.70. The molecule has 2 aromatic rings. The second-order valence-electron chi connectivity index (χ2n) is 5.49. The second kappa shape index (κ2) is 5.95. The Kier molecular flexibility index (Phi) is 4.03. The molecule has 1 aliphatic rings. The first kappa shape index (κ1) is 14.2. The lowest BCUT2D eigenvalue weighted by molar-refractivity contribution is -0.128. The minimum absolute atomic E-state index is 0.0610. The number of amides is 1. The Labute approximate surface area is 128 Å². The highest BCUT2D eigenvalue weighted by molar-refractivity contribution is 7.07. The van der Waals surface area contributed by atoms with Crippen LogP contribution in [0.15, 0.2) is 16.8 Å². The van der Waals surface area contributed by atoms with Crippen molar-refractivity contribution < 1.29 is 4.79 Å². The Hall–Kier alpha value is -1.73. The number of fused-ring (bicyclic) bond motifs is 1. The fraction of sp³-hybridized carbons (Fsp3) is 0.500. The van der Waals surface area contributed by atoms with Crippen LogP contribution in [-0.4, -0.2) is 51.1 Å². The largest absolute Gasteiger partial charge is 0.348 e. The summed E-state index contributed by atoms with van der Waals surface area (Å²) in [5.74, 6) is 1.79. The van der Waals surface area contributed by atoms with E-state index in [1.165, 1.54) is 5.56 Å². The Bertz CT molecular complexity index is 619. The molecular weight excluding hydrogens is 286 g/mol. The molecule has 0 radical (unpaired) electrons. The SMILES string of the molecule is CN(C)C(=O)Cc1nnc2n1CCN(Cc1ccsc1)C2. The van der Waals surface area contributed by atoms with Crippen LogP contribution in [0.4, 0.5) is 0 Å². The summed E-state index contributed by atoms with van der Waals surface area (Å²) in [7, 11) is 3.52. The topological polar surface area (TPSA) is 54.3 Å². The summed E-state index contributed by atoms with van der Waals surface area (Å²) in [4.78, 5) is 15.8. The van der Waals surface area contributed by atoms with Crippen molar-refractivity contribution >= 4 is 17.2 Å². The van der Waals surface area contributed by atoms with Gasteiger partial charge in [-0.3, -0.25) is 9.69 Å². The first-order chi connectivity index (χ1) is 10.1. The fourth-order valence-corrected chi connectivity index (χ4v) is 3.13. The molecule has 21 heavy (non-hydrogen) atoms. The molecular formula is C14H19N5OS. The van der Waals surface area contributed by atoms with Crippen molar-refractivity contribution in [2.75, 3.05) is 20.6 Å². The van der Waals surface area contributed by atoms with E-state index in [2.05, 4.69) is 36.5 Å². The molecule has 0 aliphatic carbocycles. The third-order valence-corrected chi connectivity index (χ3v) is 4.44. The van der Waals surface area contributed by atoms with Crippen LogP contribution in [0.25, 0.3) is 0 Å². The summed E-state index contributed by atoms with van der Waals surface area (Å²) in [6.45, 7) is 3.55. The van der Waals surface area contributed by atoms with Crippen LogP contribution in [0.2, 0.25) is 0 Å². The highest BCUT2D eigenvalue weighted by atomic mass is 32.1. The summed E-state index contributed by atoms with van der Waals surface area (Å²) in [5, 5.41) is 12.7. The Morgan fingerprint density at radius 3 is 2.95 bits per heavy atom. The molecule has 0 saturated heterocycles. The summed E-state index contributed by atoms with van der Waals surface area (Å²) in [6.07, 6.45) is 0.324. The normalized spacial score (nSPS) is 15.0. The molecule has 7 heteroatoms. The van der Waals surface area contributed by atoms with Crippen molar-refractivity contribution in [1.82, 2.24) is 24.6 Å². The quantitative estimate of drug-likeness (QED) is 0.845. The lowest BCUT2D eigenvalue weighted by Gasteiger charge is -2.27. The van der Waals surface area contributed by atoms with Gasteiger partial charge in [0.15, 0.2) is 0 Å². The van der Waals surface area contributed by atoms with Gasteiger partial charge in [-0.1, -0.05) is 0 Å². The van der Waals surface area contributed by atoms with Crippen LogP contribution in [0.5, 0.6) is 0 Å². The van der Waals surface area contributed by atoms with Crippen LogP contribution in [0, 0.1) is 0 Å². The number of aromatic nitrogens is 3. The zero-order valence-corrected chi connectivity index (χ0v) is 13.1. The van der Waals surface area contributed by atoms with Crippen molar-refractivity contribution in [2.45, 2.75) is 26.1 Å². The van der Waals surface area contributed by atoms with Gasteiger partial charge in [0, 0.05) is 33.7 Å². The van der Waals surface area contributed by atoms with Gasteiger partial charge in [-0.25, -0.2) is 0 Å². The lowest BCUT2D eigenvalue weighted by Crippen LogP contribution is -2.34. The van der Waals surface area contributed by atoms with Crippen LogP contribution >= 0.6 is 11.3 Å². The minimum Gasteiger partial charge on any atom is -0.348 e. The van der Waals surface area contributed by atoms with Gasteiger partial charge in [-0.2, -0.15) is 11.3 Å². The maximum atomic E-state index is 11.8. The maximum absolute atomic E-state index is 11.8. The predicted octanol–water partition coefficient (Wildman–Crippen LogP) is 0.986. The Morgan fingerprint density at radius 2 is 2.24 bits per heavy atom. The molecule has 0 bridgehead atoms. The first-order valence-corrected chi connectivity index (χ1v) is 7.92. The van der Waals surface area contributed by atoms with Crippen molar-refractivity contribution in [3.63, 3.8) is 0 Å². The molecule has 3 heterocycles. The van der Waals surface area contributed by atoms with Gasteiger partial charge in [0.25, 0.3) is 0 Å². The summed E-state index contributed by atoms with van der Waals surface area (Å²) in [5.41, 5.74) is 1.34. The van der Waals surface area contributed by atoms with Crippen molar-refractivity contribution in [3.8, 4) is 0 Å². The summed E-state index contributed by atoms with van der Waals surface area (Å²) in [6, 6.07) is 2.16. The number of hydrogen-bond donors (Lipinski definition) is 0. The smallest absolute Gasteiger partial charge is 0.229 e. The molecule has 0 aromatic carbocycles. The van der Waals surface area contributed by atoms with Crippen molar-refractivity contribution in [2.24, 2.45) is 0 Å². The molecule has 0 spiro atoms. The van der Waals surface area contributed by atoms with Crippen molar-refractivity contribution in [3.05, 3.63) is 34.0 Å². The van der Waals surface area contributed by atoms with Gasteiger partial charge in [0.1, 0.15) is 11.6 Å². The third kappa shape index (κ3) is 3.14. The Morgan fingerprint density at radius 1 is 1.38 bits per heavy atom. The van der Waals surface area contributed by atoms with E-state index in [9.17, 15) is 4.79 Å². The zero-order valence-electron chi connectivity index (χ0n) is 12.3. The predicted molar refractivity (Wildman–Crippen MR) is 80.9 cm³/mol. The summed E-state index contributed by atoms with van der Waals surface area (Å²) >= 11 is 1.73. The maximum Gasteiger partial charge on any atom is 0.229 e. The number of thiophene rings is 1. The van der Waals surface area contributed by atoms with E-state index in [-0.39, 0.29) is 5.91 Å². The van der Waals surface area contributed by atoms with Gasteiger partial charge in [0.2, 0.25) is 5.91 Å². The van der Waals surface area contributed by atoms with Gasteiger partial charge in [0.05, 0.1) is 13.0 Å². The highest BCUT2D eigenvalue weighted by Crippen LogP contribution is 2.17. The average molecular weight is 305 g/mol. The van der Waals surface area contributed by atoms with E-state index in [0.717, 1.165) is 37.8 Å². The zero-order chi connectivity index (χ0) is 14.8. The number of likely N-dealkylation sites (N-methyl/N-ethyl adjacent to an activating group) is 1. The van der Waals surface area contributed by atoms with Crippen LogP contribution in [0.1, 0.15) is 17.2 Å². The fourth-order valence-electron chi connectivity index (χ4n) is 2.47. The molecule has 3 rings (SSSR count). The molecule has 1 aliphatic heterocycles. The van der Waals surface area contributed by atoms with E-state index in [0.29, 0.717) is 6.42 Å². The van der Waals surface area contributed by atoms with Gasteiger partial charge in [-0.15, -0.1) is 10.2 Å². The molecule has 112 valence electrons. The highest BCUT2D eigenvalue weighted by Gasteiger charge is 2.22. The number of nitrogens with zero attached hydrogens (tertiary/aromatic N) is 5. The number of carbonyl (C=O) groups is 1. The molecule has 0 atom stereocenters. The molecule has 0 saturated carbocycles. The Balaban J connectivity index is 1.67. The molecule has 0 fully saturated rings. The number of rotatable bonds is 4. The van der Waals surface area contributed by atoms with E-state index < -0.39 is 0 Å². The molecule has 2 aromatic heterocycles. The van der Waals surface area contributed by atoms with Gasteiger partial charge in [-0.05, 0) is 22.4 Å². The van der Waals surface area contributed by atoms with Crippen LogP contribution in [0.3, 0.4) is 0 Å². The van der Waals surface area contributed by atoms with Crippen molar-refractivity contribution in [1.29, 1.82) is 0 Å². The number of carbonyl (C=O) groups excluding carboxylic acids is 1. The van der Waals surface area contributed by atoms with Crippen LogP contribution < -0.4 is 0 Å². The second-order valence-corrected chi connectivity index (χ2v) is 6.27. The standard InChI is InChI=1S/C14H19N5OS/c1-17(2)14(20)7-12-15-16-13-9-18(4-5-19(12)13)8-11-3-6-21-10-11/h3,6,10H,4-5,7-9H2,1-2H3. The molecule has 0 N–H and O–H groups in total. The monoisotopic (exact) mass is 305 g/mol. The van der Waals surface area contributed by atoms with Gasteiger partial charge >= 0.3 is 0 Å².